The van der Waals surface area contributed by atoms with Gasteiger partial charge in [-0.2, -0.15) is 0 Å². The van der Waals surface area contributed by atoms with Crippen LogP contribution in [0, 0.1) is 11.8 Å². The molecule has 180 valence electrons. The molecule has 1 aromatic carbocycles. The van der Waals surface area contributed by atoms with E-state index in [1.54, 1.807) is 13.0 Å². The summed E-state index contributed by atoms with van der Waals surface area (Å²) in [6, 6.07) is 8.35. The predicted molar refractivity (Wildman–Crippen MR) is 133 cm³/mol. The molecule has 0 unspecified atom stereocenters. The van der Waals surface area contributed by atoms with Crippen molar-refractivity contribution < 1.29 is 24.2 Å². The van der Waals surface area contributed by atoms with E-state index in [2.05, 4.69) is 17.4 Å². The molecular weight excluding hydrogens is 450 g/mol. The number of thiophene rings is 1. The van der Waals surface area contributed by atoms with Crippen LogP contribution < -0.4 is 5.32 Å². The van der Waals surface area contributed by atoms with E-state index in [9.17, 15) is 19.5 Å². The van der Waals surface area contributed by atoms with Gasteiger partial charge in [-0.15, -0.1) is 11.3 Å². The largest absolute Gasteiger partial charge is 0.481 e. The number of nitrogens with one attached hydrogen (secondary N) is 1. The molecule has 0 aliphatic heterocycles. The Balaban J connectivity index is 1.60. The predicted octanol–water partition coefficient (Wildman–Crippen LogP) is 6.25. The highest BCUT2D eigenvalue weighted by Gasteiger charge is 2.35. The molecule has 6 nitrogen and oxygen atoms in total. The standard InChI is InChI=1S/C27H31NO5S/c1-2-33-27(32)23-22(19-14-12-18(13-15-19)17-8-4-3-5-9-17)16-34-25(23)28-24(29)20-10-6-7-11-21(20)26(30)31/h6-7,12-17,20-21H,2-5,8-11H2,1H3,(H,28,29)(H,30,31)/t20-,21+/m0/s1. The number of anilines is 1. The number of carboxylic acid groups (broad SMARTS) is 1. The monoisotopic (exact) mass is 481 g/mol. The van der Waals surface area contributed by atoms with E-state index in [0.717, 1.165) is 5.56 Å². The van der Waals surface area contributed by atoms with Crippen molar-refractivity contribution in [3.8, 4) is 11.1 Å². The molecule has 1 aromatic heterocycles. The minimum absolute atomic E-state index is 0.219. The molecule has 0 radical (unpaired) electrons. The summed E-state index contributed by atoms with van der Waals surface area (Å²) < 4.78 is 5.31. The summed E-state index contributed by atoms with van der Waals surface area (Å²) >= 11 is 1.26. The Morgan fingerprint density at radius 2 is 1.71 bits per heavy atom. The quantitative estimate of drug-likeness (QED) is 0.360. The van der Waals surface area contributed by atoms with Gasteiger partial charge in [0.1, 0.15) is 10.6 Å². The fourth-order valence-corrected chi connectivity index (χ4v) is 5.98. The fourth-order valence-electron chi connectivity index (χ4n) is 5.02. The Labute approximate surface area is 204 Å². The minimum atomic E-state index is -0.986. The number of esters is 1. The number of rotatable bonds is 7. The van der Waals surface area contributed by atoms with Crippen LogP contribution in [-0.2, 0) is 14.3 Å². The van der Waals surface area contributed by atoms with Gasteiger partial charge in [0, 0.05) is 10.9 Å². The number of carboxylic acids is 1. The molecule has 1 saturated carbocycles. The molecule has 2 atom stereocenters. The number of allylic oxidation sites excluding steroid dienone is 2. The first kappa shape index (κ1) is 24.2. The van der Waals surface area contributed by atoms with Gasteiger partial charge in [-0.1, -0.05) is 55.7 Å². The molecule has 1 fully saturated rings. The average Bonchev–Trinajstić information content (AvgIpc) is 3.28. The Kier molecular flexibility index (Phi) is 7.83. The van der Waals surface area contributed by atoms with Crippen LogP contribution in [0.15, 0.2) is 41.8 Å². The summed E-state index contributed by atoms with van der Waals surface area (Å²) in [5, 5.41) is 14.6. The molecule has 1 heterocycles. The maximum atomic E-state index is 13.0. The first-order valence-corrected chi connectivity index (χ1v) is 12.9. The Morgan fingerprint density at radius 1 is 1.03 bits per heavy atom. The molecule has 2 aromatic rings. The highest BCUT2D eigenvalue weighted by molar-refractivity contribution is 7.15. The normalized spacial score (nSPS) is 20.6. The molecular formula is C27H31NO5S. The average molecular weight is 482 g/mol. The lowest BCUT2D eigenvalue weighted by molar-refractivity contribution is -0.146. The van der Waals surface area contributed by atoms with Gasteiger partial charge < -0.3 is 15.2 Å². The van der Waals surface area contributed by atoms with Crippen LogP contribution in [0.25, 0.3) is 11.1 Å². The van der Waals surface area contributed by atoms with Crippen molar-refractivity contribution in [3.63, 3.8) is 0 Å². The number of aliphatic carboxylic acids is 1. The Hall–Kier alpha value is -2.93. The van der Waals surface area contributed by atoms with E-state index in [1.165, 1.54) is 49.0 Å². The zero-order valence-electron chi connectivity index (χ0n) is 19.4. The number of benzene rings is 1. The van der Waals surface area contributed by atoms with Gasteiger partial charge in [-0.3, -0.25) is 9.59 Å². The summed E-state index contributed by atoms with van der Waals surface area (Å²) in [6.45, 7) is 1.96. The molecule has 2 aliphatic carbocycles. The fraction of sp³-hybridized carbons (Fsp3) is 0.444. The third-order valence-corrected chi connectivity index (χ3v) is 7.79. The van der Waals surface area contributed by atoms with E-state index in [-0.39, 0.29) is 12.5 Å². The van der Waals surface area contributed by atoms with Crippen LogP contribution in [-0.4, -0.2) is 29.6 Å². The number of hydrogen-bond acceptors (Lipinski definition) is 5. The number of ether oxygens (including phenoxy) is 1. The van der Waals surface area contributed by atoms with E-state index >= 15 is 0 Å². The molecule has 1 amide bonds. The van der Waals surface area contributed by atoms with Gasteiger partial charge in [-0.05, 0) is 49.7 Å². The lowest BCUT2D eigenvalue weighted by Gasteiger charge is -2.24. The number of amides is 1. The molecule has 34 heavy (non-hydrogen) atoms. The van der Waals surface area contributed by atoms with Crippen molar-refractivity contribution in [1.29, 1.82) is 0 Å². The van der Waals surface area contributed by atoms with Gasteiger partial charge in [0.2, 0.25) is 5.91 Å². The van der Waals surface area contributed by atoms with E-state index < -0.39 is 23.8 Å². The van der Waals surface area contributed by atoms with Gasteiger partial charge in [0.05, 0.1) is 18.4 Å². The van der Waals surface area contributed by atoms with Crippen LogP contribution in [0.3, 0.4) is 0 Å². The lowest BCUT2D eigenvalue weighted by Crippen LogP contribution is -2.34. The van der Waals surface area contributed by atoms with Crippen molar-refractivity contribution in [2.75, 3.05) is 11.9 Å². The molecule has 7 heteroatoms. The van der Waals surface area contributed by atoms with Crippen LogP contribution in [0.5, 0.6) is 0 Å². The van der Waals surface area contributed by atoms with Gasteiger partial charge in [0.25, 0.3) is 0 Å². The molecule has 2 aliphatic rings. The number of hydrogen-bond donors (Lipinski definition) is 2. The molecule has 0 spiro atoms. The summed E-state index contributed by atoms with van der Waals surface area (Å²) in [5.41, 5.74) is 3.26. The van der Waals surface area contributed by atoms with E-state index in [4.69, 9.17) is 4.74 Å². The molecule has 4 rings (SSSR count). The summed E-state index contributed by atoms with van der Waals surface area (Å²) in [4.78, 5) is 37.5. The second-order valence-electron chi connectivity index (χ2n) is 9.01. The maximum absolute atomic E-state index is 13.0. The maximum Gasteiger partial charge on any atom is 0.341 e. The summed E-state index contributed by atoms with van der Waals surface area (Å²) in [6.07, 6.45) is 10.6. The first-order chi connectivity index (χ1) is 16.5. The van der Waals surface area contributed by atoms with Gasteiger partial charge in [-0.25, -0.2) is 4.79 Å². The highest BCUT2D eigenvalue weighted by atomic mass is 32.1. The minimum Gasteiger partial charge on any atom is -0.481 e. The summed E-state index contributed by atoms with van der Waals surface area (Å²) in [7, 11) is 0. The van der Waals surface area contributed by atoms with Crippen molar-refractivity contribution in [1.82, 2.24) is 0 Å². The first-order valence-electron chi connectivity index (χ1n) is 12.1. The van der Waals surface area contributed by atoms with Crippen LogP contribution in [0.1, 0.15) is 73.7 Å². The van der Waals surface area contributed by atoms with Gasteiger partial charge >= 0.3 is 11.9 Å². The smallest absolute Gasteiger partial charge is 0.341 e. The molecule has 2 N–H and O–H groups in total. The molecule has 0 saturated heterocycles. The zero-order chi connectivity index (χ0) is 24.1. The zero-order valence-corrected chi connectivity index (χ0v) is 20.2. The van der Waals surface area contributed by atoms with Crippen molar-refractivity contribution in [3.05, 3.63) is 52.9 Å². The number of carbonyl (C=O) groups excluding carboxylic acids is 2. The third kappa shape index (κ3) is 5.25. The second-order valence-corrected chi connectivity index (χ2v) is 9.89. The highest BCUT2D eigenvalue weighted by Crippen LogP contribution is 2.39. The summed E-state index contributed by atoms with van der Waals surface area (Å²) in [5.74, 6) is -2.73. The Bertz CT molecular complexity index is 1070. The SMILES string of the molecule is CCOC(=O)c1c(-c2ccc(C3CCCCC3)cc2)csc1NC(=O)[C@H]1CC=CC[C@H]1C(=O)O. The Morgan fingerprint density at radius 3 is 2.35 bits per heavy atom. The molecule has 0 bridgehead atoms. The van der Waals surface area contributed by atoms with Crippen LogP contribution in [0.4, 0.5) is 5.00 Å². The van der Waals surface area contributed by atoms with Crippen molar-refractivity contribution in [2.24, 2.45) is 11.8 Å². The van der Waals surface area contributed by atoms with Crippen molar-refractivity contribution >= 4 is 34.2 Å². The van der Waals surface area contributed by atoms with Crippen LogP contribution >= 0.6 is 11.3 Å². The van der Waals surface area contributed by atoms with Crippen molar-refractivity contribution in [2.45, 2.75) is 57.8 Å². The third-order valence-electron chi connectivity index (χ3n) is 6.89. The van der Waals surface area contributed by atoms with Gasteiger partial charge in [0.15, 0.2) is 0 Å². The van der Waals surface area contributed by atoms with Crippen LogP contribution in [0.2, 0.25) is 0 Å². The lowest BCUT2D eigenvalue weighted by atomic mass is 9.82. The topological polar surface area (TPSA) is 92.7 Å². The number of carbonyl (C=O) groups is 3. The van der Waals surface area contributed by atoms with E-state index in [1.807, 2.05) is 23.6 Å². The second kappa shape index (κ2) is 11.0. The van der Waals surface area contributed by atoms with E-state index in [0.29, 0.717) is 34.9 Å².